The molecule has 0 aromatic carbocycles. The Morgan fingerprint density at radius 3 is 2.67 bits per heavy atom. The fourth-order valence-electron chi connectivity index (χ4n) is 2.44. The van der Waals surface area contributed by atoms with Crippen molar-refractivity contribution in [3.05, 3.63) is 29.6 Å². The molecule has 1 aromatic heterocycles. The SMILES string of the molecule is Cc1cncc(CN2CCC(C)(C(=N)N)CC2)c1. The van der Waals surface area contributed by atoms with Crippen molar-refractivity contribution in [1.29, 1.82) is 5.41 Å². The monoisotopic (exact) mass is 246 g/mol. The third-order valence-corrected chi connectivity index (χ3v) is 3.95. The number of amidine groups is 1. The quantitative estimate of drug-likeness (QED) is 0.632. The van der Waals surface area contributed by atoms with E-state index in [1.54, 1.807) is 0 Å². The maximum atomic E-state index is 7.65. The van der Waals surface area contributed by atoms with Gasteiger partial charge in [-0.3, -0.25) is 15.3 Å². The minimum absolute atomic E-state index is 0.0959. The third-order valence-electron chi connectivity index (χ3n) is 3.95. The van der Waals surface area contributed by atoms with Crippen LogP contribution in [-0.2, 0) is 6.54 Å². The van der Waals surface area contributed by atoms with Crippen molar-refractivity contribution >= 4 is 5.84 Å². The summed E-state index contributed by atoms with van der Waals surface area (Å²) in [7, 11) is 0. The van der Waals surface area contributed by atoms with E-state index in [0.29, 0.717) is 5.84 Å². The van der Waals surface area contributed by atoms with Crippen molar-refractivity contribution in [1.82, 2.24) is 9.88 Å². The number of nitrogens with two attached hydrogens (primary N) is 1. The van der Waals surface area contributed by atoms with Gasteiger partial charge >= 0.3 is 0 Å². The molecule has 0 unspecified atom stereocenters. The highest BCUT2D eigenvalue weighted by Gasteiger charge is 2.32. The molecular weight excluding hydrogens is 224 g/mol. The number of aromatic nitrogens is 1. The first-order chi connectivity index (χ1) is 8.49. The van der Waals surface area contributed by atoms with Gasteiger partial charge in [0.1, 0.15) is 0 Å². The van der Waals surface area contributed by atoms with Crippen LogP contribution in [0.15, 0.2) is 18.5 Å². The largest absolute Gasteiger partial charge is 0.387 e. The maximum absolute atomic E-state index is 7.65. The van der Waals surface area contributed by atoms with Crippen LogP contribution in [0.2, 0.25) is 0 Å². The van der Waals surface area contributed by atoms with E-state index < -0.39 is 0 Å². The lowest BCUT2D eigenvalue weighted by molar-refractivity contribution is 0.156. The lowest BCUT2D eigenvalue weighted by atomic mass is 9.79. The van der Waals surface area contributed by atoms with Gasteiger partial charge < -0.3 is 5.73 Å². The average molecular weight is 246 g/mol. The molecule has 0 radical (unpaired) electrons. The predicted molar refractivity (Wildman–Crippen MR) is 73.5 cm³/mol. The van der Waals surface area contributed by atoms with Gasteiger partial charge in [-0.25, -0.2) is 0 Å². The van der Waals surface area contributed by atoms with Crippen LogP contribution in [0.3, 0.4) is 0 Å². The van der Waals surface area contributed by atoms with Crippen LogP contribution in [0.25, 0.3) is 0 Å². The van der Waals surface area contributed by atoms with Gasteiger partial charge in [0.2, 0.25) is 0 Å². The Morgan fingerprint density at radius 1 is 1.44 bits per heavy atom. The highest BCUT2D eigenvalue weighted by atomic mass is 15.1. The van der Waals surface area contributed by atoms with E-state index in [9.17, 15) is 0 Å². The zero-order chi connectivity index (χ0) is 13.2. The maximum Gasteiger partial charge on any atom is 0.0966 e. The Balaban J connectivity index is 1.93. The Bertz CT molecular complexity index is 433. The second-order valence-electron chi connectivity index (χ2n) is 5.62. The second kappa shape index (κ2) is 5.06. The normalized spacial score (nSPS) is 19.7. The van der Waals surface area contributed by atoms with Crippen molar-refractivity contribution in [2.24, 2.45) is 11.1 Å². The molecule has 0 atom stereocenters. The second-order valence-corrected chi connectivity index (χ2v) is 5.62. The molecule has 1 fully saturated rings. The van der Waals surface area contributed by atoms with E-state index in [4.69, 9.17) is 11.1 Å². The molecule has 0 spiro atoms. The third kappa shape index (κ3) is 2.88. The molecule has 2 rings (SSSR count). The molecule has 2 heterocycles. The molecule has 0 bridgehead atoms. The van der Waals surface area contributed by atoms with Crippen LogP contribution in [0.4, 0.5) is 0 Å². The molecule has 0 amide bonds. The van der Waals surface area contributed by atoms with Crippen molar-refractivity contribution < 1.29 is 0 Å². The number of piperidine rings is 1. The van der Waals surface area contributed by atoms with Crippen LogP contribution in [-0.4, -0.2) is 28.8 Å². The first kappa shape index (κ1) is 13.0. The molecule has 18 heavy (non-hydrogen) atoms. The molecule has 1 aromatic rings. The van der Waals surface area contributed by atoms with Crippen molar-refractivity contribution in [3.63, 3.8) is 0 Å². The lowest BCUT2D eigenvalue weighted by Crippen LogP contribution is -2.44. The minimum atomic E-state index is -0.0959. The highest BCUT2D eigenvalue weighted by Crippen LogP contribution is 2.31. The zero-order valence-corrected chi connectivity index (χ0v) is 11.2. The summed E-state index contributed by atoms with van der Waals surface area (Å²) in [6, 6.07) is 2.19. The first-order valence-corrected chi connectivity index (χ1v) is 6.47. The number of nitrogens with one attached hydrogen (secondary N) is 1. The van der Waals surface area contributed by atoms with Gasteiger partial charge in [-0.1, -0.05) is 13.0 Å². The van der Waals surface area contributed by atoms with Gasteiger partial charge in [0.15, 0.2) is 0 Å². The number of aryl methyl sites for hydroxylation is 1. The summed E-state index contributed by atoms with van der Waals surface area (Å²) >= 11 is 0. The van der Waals surface area contributed by atoms with E-state index in [0.717, 1.165) is 32.5 Å². The van der Waals surface area contributed by atoms with E-state index in [2.05, 4.69) is 29.8 Å². The van der Waals surface area contributed by atoms with Gasteiger partial charge in [-0.15, -0.1) is 0 Å². The standard InChI is InChI=1S/C14H22N4/c1-11-7-12(9-17-8-11)10-18-5-3-14(2,4-6-18)13(15)16/h7-9H,3-6,10H2,1-2H3,(H3,15,16). The van der Waals surface area contributed by atoms with Crippen molar-refractivity contribution in [2.75, 3.05) is 13.1 Å². The van der Waals surface area contributed by atoms with Gasteiger partial charge in [0.25, 0.3) is 0 Å². The summed E-state index contributed by atoms with van der Waals surface area (Å²) in [6.45, 7) is 7.12. The Morgan fingerprint density at radius 2 is 2.11 bits per heavy atom. The van der Waals surface area contributed by atoms with Crippen LogP contribution < -0.4 is 5.73 Å². The van der Waals surface area contributed by atoms with E-state index >= 15 is 0 Å². The van der Waals surface area contributed by atoms with Gasteiger partial charge in [0.05, 0.1) is 5.84 Å². The summed E-state index contributed by atoms with van der Waals surface area (Å²) in [5, 5.41) is 7.65. The van der Waals surface area contributed by atoms with Crippen LogP contribution in [0.5, 0.6) is 0 Å². The van der Waals surface area contributed by atoms with Crippen LogP contribution >= 0.6 is 0 Å². The molecule has 0 saturated carbocycles. The molecule has 1 aliphatic heterocycles. The van der Waals surface area contributed by atoms with Gasteiger partial charge in [-0.05, 0) is 44.0 Å². The first-order valence-electron chi connectivity index (χ1n) is 6.47. The Hall–Kier alpha value is -1.42. The molecule has 3 N–H and O–H groups in total. The predicted octanol–water partition coefficient (Wildman–Crippen LogP) is 1.93. The number of hydrogen-bond donors (Lipinski definition) is 2. The Kier molecular flexibility index (Phi) is 3.66. The van der Waals surface area contributed by atoms with E-state index in [1.165, 1.54) is 11.1 Å². The molecule has 98 valence electrons. The van der Waals surface area contributed by atoms with Crippen LogP contribution in [0, 0.1) is 17.7 Å². The van der Waals surface area contributed by atoms with E-state index in [1.807, 2.05) is 12.4 Å². The fraction of sp³-hybridized carbons (Fsp3) is 0.571. The molecule has 1 aliphatic rings. The Labute approximate surface area is 109 Å². The summed E-state index contributed by atoms with van der Waals surface area (Å²) in [5.41, 5.74) is 8.05. The molecule has 4 heteroatoms. The average Bonchev–Trinajstić information content (AvgIpc) is 2.32. The summed E-state index contributed by atoms with van der Waals surface area (Å²) in [4.78, 5) is 6.64. The topological polar surface area (TPSA) is 66.0 Å². The molecule has 1 saturated heterocycles. The van der Waals surface area contributed by atoms with Gasteiger partial charge in [-0.2, -0.15) is 0 Å². The van der Waals surface area contributed by atoms with Crippen molar-refractivity contribution in [2.45, 2.75) is 33.2 Å². The number of pyridine rings is 1. The number of rotatable bonds is 3. The summed E-state index contributed by atoms with van der Waals surface area (Å²) in [5.74, 6) is 0.333. The smallest absolute Gasteiger partial charge is 0.0966 e. The lowest BCUT2D eigenvalue weighted by Gasteiger charge is -2.38. The summed E-state index contributed by atoms with van der Waals surface area (Å²) in [6.07, 6.45) is 5.77. The zero-order valence-electron chi connectivity index (χ0n) is 11.2. The van der Waals surface area contributed by atoms with Gasteiger partial charge in [0, 0.05) is 24.4 Å². The highest BCUT2D eigenvalue weighted by molar-refractivity contribution is 5.83. The number of hydrogen-bond acceptors (Lipinski definition) is 3. The molecule has 4 nitrogen and oxygen atoms in total. The number of likely N-dealkylation sites (tertiary alicyclic amines) is 1. The minimum Gasteiger partial charge on any atom is -0.387 e. The molecular formula is C14H22N4. The molecule has 0 aliphatic carbocycles. The van der Waals surface area contributed by atoms with E-state index in [-0.39, 0.29) is 5.41 Å². The fourth-order valence-corrected chi connectivity index (χ4v) is 2.44. The van der Waals surface area contributed by atoms with Crippen molar-refractivity contribution in [3.8, 4) is 0 Å². The summed E-state index contributed by atoms with van der Waals surface area (Å²) < 4.78 is 0. The number of nitrogens with zero attached hydrogens (tertiary/aromatic N) is 2. The van der Waals surface area contributed by atoms with Crippen LogP contribution in [0.1, 0.15) is 30.9 Å².